The van der Waals surface area contributed by atoms with Crippen LogP contribution in [0, 0.1) is 13.8 Å². The van der Waals surface area contributed by atoms with Gasteiger partial charge in [0.15, 0.2) is 0 Å². The largest absolute Gasteiger partial charge is 0.514 e. The molecule has 2 aromatic carbocycles. The van der Waals surface area contributed by atoms with Crippen molar-refractivity contribution in [1.29, 1.82) is 0 Å². The van der Waals surface area contributed by atoms with Crippen molar-refractivity contribution in [2.75, 3.05) is 0 Å². The zero-order chi connectivity index (χ0) is 21.6. The van der Waals surface area contributed by atoms with Gasteiger partial charge in [0, 0.05) is 0 Å². The third-order valence-corrected chi connectivity index (χ3v) is 3.80. The van der Waals surface area contributed by atoms with Gasteiger partial charge >= 0.3 is 12.1 Å². The number of benzene rings is 2. The quantitative estimate of drug-likeness (QED) is 0.309. The minimum absolute atomic E-state index is 0.150. The first kappa shape index (κ1) is 22.0. The number of carbonyl (C=O) groups is 2. The van der Waals surface area contributed by atoms with Crippen LogP contribution in [0.5, 0.6) is 5.75 Å². The lowest BCUT2D eigenvalue weighted by Gasteiger charge is -2.20. The number of ether oxygens (including phenoxy) is 3. The molecule has 0 bridgehead atoms. The Bertz CT molecular complexity index is 884. The van der Waals surface area contributed by atoms with Crippen molar-refractivity contribution in [2.24, 2.45) is 0 Å². The number of rotatable bonds is 6. The molecular weight excluding hydrogens is 372 g/mol. The van der Waals surface area contributed by atoms with Crippen LogP contribution in [-0.4, -0.2) is 22.8 Å². The van der Waals surface area contributed by atoms with Gasteiger partial charge in [0.05, 0.1) is 0 Å². The SMILES string of the molecule is Cc1cc(/C=C(\OCc2ccccc2)C(=O)O)cc(C)c1OC(=O)OC(C)(C)C. The van der Waals surface area contributed by atoms with Gasteiger partial charge in [-0.3, -0.25) is 0 Å². The molecule has 0 amide bonds. The van der Waals surface area contributed by atoms with Gasteiger partial charge in [-0.1, -0.05) is 30.3 Å². The maximum Gasteiger partial charge on any atom is 0.514 e. The Kier molecular flexibility index (Phi) is 7.04. The van der Waals surface area contributed by atoms with Crippen molar-refractivity contribution in [3.63, 3.8) is 0 Å². The van der Waals surface area contributed by atoms with E-state index in [1.807, 2.05) is 30.3 Å². The second-order valence-electron chi connectivity index (χ2n) is 7.64. The van der Waals surface area contributed by atoms with Crippen molar-refractivity contribution in [2.45, 2.75) is 46.8 Å². The number of hydrogen-bond acceptors (Lipinski definition) is 5. The number of carboxylic acid groups (broad SMARTS) is 1. The summed E-state index contributed by atoms with van der Waals surface area (Å²) in [5.74, 6) is -0.947. The van der Waals surface area contributed by atoms with Crippen LogP contribution in [0.25, 0.3) is 6.08 Å². The molecule has 0 saturated carbocycles. The second-order valence-corrected chi connectivity index (χ2v) is 7.64. The lowest BCUT2D eigenvalue weighted by Crippen LogP contribution is -2.26. The van der Waals surface area contributed by atoms with Gasteiger partial charge in [0.25, 0.3) is 0 Å². The zero-order valence-electron chi connectivity index (χ0n) is 17.3. The summed E-state index contributed by atoms with van der Waals surface area (Å²) < 4.78 is 16.0. The molecule has 1 N–H and O–H groups in total. The van der Waals surface area contributed by atoms with Gasteiger partial charge in [-0.2, -0.15) is 0 Å². The fraction of sp³-hybridized carbons (Fsp3) is 0.304. The smallest absolute Gasteiger partial charge is 0.482 e. The average molecular weight is 398 g/mol. The molecular formula is C23H26O6. The average Bonchev–Trinajstić information content (AvgIpc) is 2.61. The highest BCUT2D eigenvalue weighted by Crippen LogP contribution is 2.27. The summed E-state index contributed by atoms with van der Waals surface area (Å²) in [4.78, 5) is 23.5. The Morgan fingerprint density at radius 3 is 2.14 bits per heavy atom. The van der Waals surface area contributed by atoms with E-state index in [1.165, 1.54) is 6.08 Å². The van der Waals surface area contributed by atoms with Crippen LogP contribution in [0.2, 0.25) is 0 Å². The van der Waals surface area contributed by atoms with Crippen LogP contribution >= 0.6 is 0 Å². The minimum Gasteiger partial charge on any atom is -0.482 e. The van der Waals surface area contributed by atoms with E-state index in [2.05, 4.69) is 0 Å². The van der Waals surface area contributed by atoms with Crippen LogP contribution in [0.3, 0.4) is 0 Å². The van der Waals surface area contributed by atoms with E-state index in [4.69, 9.17) is 14.2 Å². The third-order valence-electron chi connectivity index (χ3n) is 3.80. The Morgan fingerprint density at radius 1 is 1.03 bits per heavy atom. The predicted molar refractivity (Wildman–Crippen MR) is 110 cm³/mol. The highest BCUT2D eigenvalue weighted by Gasteiger charge is 2.20. The molecule has 6 nitrogen and oxygen atoms in total. The van der Waals surface area contributed by atoms with Crippen molar-refractivity contribution >= 4 is 18.2 Å². The zero-order valence-corrected chi connectivity index (χ0v) is 17.3. The molecule has 0 unspecified atom stereocenters. The van der Waals surface area contributed by atoms with Gasteiger partial charge in [0.1, 0.15) is 18.0 Å². The van der Waals surface area contributed by atoms with E-state index in [1.54, 1.807) is 46.8 Å². The molecule has 0 heterocycles. The van der Waals surface area contributed by atoms with Crippen LogP contribution in [0.15, 0.2) is 48.2 Å². The van der Waals surface area contributed by atoms with Crippen LogP contribution in [0.4, 0.5) is 4.79 Å². The number of aryl methyl sites for hydroxylation is 2. The van der Waals surface area contributed by atoms with Crippen molar-refractivity contribution < 1.29 is 28.9 Å². The lowest BCUT2D eigenvalue weighted by atomic mass is 10.0. The summed E-state index contributed by atoms with van der Waals surface area (Å²) >= 11 is 0. The first-order chi connectivity index (χ1) is 13.5. The van der Waals surface area contributed by atoms with Crippen molar-refractivity contribution in [1.82, 2.24) is 0 Å². The Hall–Kier alpha value is -3.28. The third kappa shape index (κ3) is 6.99. The maximum absolute atomic E-state index is 12.0. The number of hydrogen-bond donors (Lipinski definition) is 1. The van der Waals surface area contributed by atoms with Gasteiger partial charge in [-0.05, 0) is 75.1 Å². The topological polar surface area (TPSA) is 82.1 Å². The predicted octanol–water partition coefficient (Wildman–Crippen LogP) is 5.26. The monoisotopic (exact) mass is 398 g/mol. The van der Waals surface area contributed by atoms with Gasteiger partial charge in [-0.25, -0.2) is 9.59 Å². The molecule has 0 radical (unpaired) electrons. The molecule has 2 aromatic rings. The van der Waals surface area contributed by atoms with E-state index < -0.39 is 17.7 Å². The highest BCUT2D eigenvalue weighted by atomic mass is 16.7. The molecule has 154 valence electrons. The van der Waals surface area contributed by atoms with Gasteiger partial charge in [-0.15, -0.1) is 0 Å². The molecule has 0 saturated heterocycles. The molecule has 0 aliphatic rings. The van der Waals surface area contributed by atoms with E-state index in [-0.39, 0.29) is 12.4 Å². The molecule has 0 atom stereocenters. The van der Waals surface area contributed by atoms with Crippen LogP contribution in [-0.2, 0) is 20.9 Å². The fourth-order valence-corrected chi connectivity index (χ4v) is 2.63. The van der Waals surface area contributed by atoms with Crippen LogP contribution in [0.1, 0.15) is 43.0 Å². The summed E-state index contributed by atoms with van der Waals surface area (Å²) in [7, 11) is 0. The van der Waals surface area contributed by atoms with Crippen LogP contribution < -0.4 is 4.74 Å². The number of carbonyl (C=O) groups excluding carboxylic acids is 1. The Labute approximate surface area is 170 Å². The molecule has 0 fully saturated rings. The molecule has 6 heteroatoms. The molecule has 0 aliphatic carbocycles. The molecule has 2 rings (SSSR count). The fourth-order valence-electron chi connectivity index (χ4n) is 2.63. The molecule has 0 spiro atoms. The summed E-state index contributed by atoms with van der Waals surface area (Å²) in [6.07, 6.45) is 0.659. The normalized spacial score (nSPS) is 11.7. The lowest BCUT2D eigenvalue weighted by molar-refractivity contribution is -0.136. The molecule has 0 aliphatic heterocycles. The summed E-state index contributed by atoms with van der Waals surface area (Å²) in [6.45, 7) is 8.96. The van der Waals surface area contributed by atoms with Crippen molar-refractivity contribution in [3.8, 4) is 5.75 Å². The first-order valence-corrected chi connectivity index (χ1v) is 9.19. The van der Waals surface area contributed by atoms with E-state index in [0.717, 1.165) is 5.56 Å². The standard InChI is InChI=1S/C23H26O6/c1-15-11-18(12-16(2)20(15)28-22(26)29-23(3,4)5)13-19(21(24)25)27-14-17-9-7-6-8-10-17/h6-13H,14H2,1-5H3,(H,24,25)/b19-13-. The highest BCUT2D eigenvalue weighted by molar-refractivity contribution is 5.90. The maximum atomic E-state index is 12.0. The molecule has 29 heavy (non-hydrogen) atoms. The second kappa shape index (κ2) is 9.28. The summed E-state index contributed by atoms with van der Waals surface area (Å²) in [5.41, 5.74) is 2.19. The van der Waals surface area contributed by atoms with Crippen molar-refractivity contribution in [3.05, 3.63) is 70.5 Å². The summed E-state index contributed by atoms with van der Waals surface area (Å²) in [6, 6.07) is 12.8. The first-order valence-electron chi connectivity index (χ1n) is 9.19. The van der Waals surface area contributed by atoms with E-state index >= 15 is 0 Å². The number of aliphatic carboxylic acids is 1. The van der Waals surface area contributed by atoms with Gasteiger partial charge < -0.3 is 19.3 Å². The number of carboxylic acids is 1. The van der Waals surface area contributed by atoms with E-state index in [0.29, 0.717) is 22.4 Å². The Balaban J connectivity index is 2.20. The van der Waals surface area contributed by atoms with E-state index in [9.17, 15) is 14.7 Å². The molecule has 0 aromatic heterocycles. The Morgan fingerprint density at radius 2 is 1.62 bits per heavy atom. The summed E-state index contributed by atoms with van der Waals surface area (Å²) in [5, 5.41) is 9.45. The van der Waals surface area contributed by atoms with Gasteiger partial charge in [0.2, 0.25) is 5.76 Å². The minimum atomic E-state index is -1.16.